The van der Waals surface area contributed by atoms with Crippen LogP contribution in [0, 0.1) is 0 Å². The van der Waals surface area contributed by atoms with Crippen molar-refractivity contribution in [1.29, 1.82) is 0 Å². The van der Waals surface area contributed by atoms with Gasteiger partial charge >= 0.3 is 6.01 Å². The van der Waals surface area contributed by atoms with Gasteiger partial charge in [-0.25, -0.2) is 13.8 Å². The Labute approximate surface area is 236 Å². The van der Waals surface area contributed by atoms with Crippen LogP contribution in [0.25, 0.3) is 11.1 Å². The minimum Gasteiger partial charge on any atom is -0.481 e. The maximum Gasteiger partial charge on any atom is 0.324 e. The Morgan fingerprint density at radius 3 is 2.39 bits per heavy atom. The molecule has 1 unspecified atom stereocenters. The molecule has 6 rings (SSSR count). The van der Waals surface area contributed by atoms with Crippen molar-refractivity contribution in [2.24, 2.45) is 4.99 Å². The number of ether oxygens (including phenoxy) is 1. The van der Waals surface area contributed by atoms with Crippen molar-refractivity contribution in [1.82, 2.24) is 15.0 Å². The van der Waals surface area contributed by atoms with E-state index in [1.54, 1.807) is 36.4 Å². The number of aromatic nitrogens is 2. The number of anilines is 1. The summed E-state index contributed by atoms with van der Waals surface area (Å²) in [5.41, 5.74) is 0.817. The van der Waals surface area contributed by atoms with Crippen molar-refractivity contribution in [2.45, 2.75) is 63.0 Å². The van der Waals surface area contributed by atoms with Crippen molar-refractivity contribution in [3.8, 4) is 16.9 Å². The molecule has 41 heavy (non-hydrogen) atoms. The predicted octanol–water partition coefficient (Wildman–Crippen LogP) is 4.91. The van der Waals surface area contributed by atoms with Gasteiger partial charge in [0.2, 0.25) is 0 Å². The molecule has 0 saturated carbocycles. The first-order valence-corrected chi connectivity index (χ1v) is 13.8. The Morgan fingerprint density at radius 2 is 1.78 bits per heavy atom. The third-order valence-electron chi connectivity index (χ3n) is 8.42. The Morgan fingerprint density at radius 1 is 1.07 bits per heavy atom. The quantitative estimate of drug-likeness (QED) is 0.407. The van der Waals surface area contributed by atoms with Gasteiger partial charge in [-0.05, 0) is 48.5 Å². The van der Waals surface area contributed by atoms with Gasteiger partial charge in [0.05, 0.1) is 0 Å². The highest BCUT2D eigenvalue weighted by Crippen LogP contribution is 2.49. The summed E-state index contributed by atoms with van der Waals surface area (Å²) in [7, 11) is 0. The predicted molar refractivity (Wildman–Crippen MR) is 148 cm³/mol. The second kappa shape index (κ2) is 10.0. The third kappa shape index (κ3) is 4.66. The van der Waals surface area contributed by atoms with E-state index in [-0.39, 0.29) is 24.7 Å². The average molecular weight is 564 g/mol. The summed E-state index contributed by atoms with van der Waals surface area (Å²) in [6.45, 7) is 8.32. The van der Waals surface area contributed by atoms with Crippen molar-refractivity contribution >= 4 is 24.5 Å². The Bertz CT molecular complexity index is 1490. The molecule has 214 valence electrons. The zero-order valence-electron chi connectivity index (χ0n) is 23.0. The first-order valence-electron chi connectivity index (χ1n) is 13.8. The molecule has 3 aliphatic heterocycles. The normalized spacial score (nSPS) is 20.8. The van der Waals surface area contributed by atoms with Crippen LogP contribution < -0.4 is 9.64 Å². The molecule has 3 aliphatic rings. The molecular weight excluding hydrogens is 532 g/mol. The number of rotatable bonds is 5. The highest BCUT2D eigenvalue weighted by Gasteiger charge is 2.59. The van der Waals surface area contributed by atoms with E-state index in [1.165, 1.54) is 4.90 Å². The van der Waals surface area contributed by atoms with Gasteiger partial charge < -0.3 is 19.1 Å². The summed E-state index contributed by atoms with van der Waals surface area (Å²) in [6.07, 6.45) is 0.401. The monoisotopic (exact) mass is 563 g/mol. The van der Waals surface area contributed by atoms with Crippen LogP contribution in [-0.2, 0) is 11.2 Å². The summed E-state index contributed by atoms with van der Waals surface area (Å²) < 4.78 is 42.8. The van der Waals surface area contributed by atoms with Gasteiger partial charge in [0.15, 0.2) is 11.4 Å². The summed E-state index contributed by atoms with van der Waals surface area (Å²) >= 11 is 0. The molecule has 1 atom stereocenters. The summed E-state index contributed by atoms with van der Waals surface area (Å²) in [5, 5.41) is 3.98. The fourth-order valence-corrected chi connectivity index (χ4v) is 5.76. The minimum atomic E-state index is -3.07. The standard InChI is InChI=1S/C30H31F2N5O4/c1-18(2)25-34-28(41-35-25)36-14-11-29(12-15-36)30(31,32)17-22-16-21(8-9-24(22)40-29)19-4-6-20(7-5-19)27(39)37-13-10-23(37)26(38)33-3/h4-9,16,18,23H,3,10-15,17H2,1-2H3. The summed E-state index contributed by atoms with van der Waals surface area (Å²) in [5.74, 6) is -2.56. The van der Waals surface area contributed by atoms with Gasteiger partial charge in [0, 0.05) is 55.9 Å². The largest absolute Gasteiger partial charge is 0.481 e. The SMILES string of the molecule is C=NC(=O)C1CCN1C(=O)c1ccc(-c2ccc3c(c2)CC(F)(F)C2(CCN(c4nc(C(C)C)no4)CC2)O3)cc1. The number of carbonyl (C=O) groups excluding carboxylic acids is 2. The van der Waals surface area contributed by atoms with Crippen LogP contribution in [0.5, 0.6) is 5.75 Å². The topological polar surface area (TPSA) is 101 Å². The number of carbonyl (C=O) groups is 2. The molecule has 0 radical (unpaired) electrons. The molecule has 2 fully saturated rings. The maximum absolute atomic E-state index is 15.7. The zero-order chi connectivity index (χ0) is 28.9. The lowest BCUT2D eigenvalue weighted by molar-refractivity contribution is -0.185. The number of amides is 2. The van der Waals surface area contributed by atoms with Gasteiger partial charge in [-0.15, -0.1) is 0 Å². The number of hydrogen-bond donors (Lipinski definition) is 0. The molecule has 0 bridgehead atoms. The van der Waals surface area contributed by atoms with Crippen LogP contribution in [0.4, 0.5) is 14.8 Å². The lowest BCUT2D eigenvalue weighted by Gasteiger charge is -2.48. The third-order valence-corrected chi connectivity index (χ3v) is 8.42. The van der Waals surface area contributed by atoms with Gasteiger partial charge in [0.1, 0.15) is 11.8 Å². The van der Waals surface area contributed by atoms with Crippen LogP contribution in [-0.4, -0.2) is 70.8 Å². The zero-order valence-corrected chi connectivity index (χ0v) is 23.0. The molecule has 4 heterocycles. The number of halogens is 2. The van der Waals surface area contributed by atoms with E-state index in [9.17, 15) is 9.59 Å². The van der Waals surface area contributed by atoms with Crippen molar-refractivity contribution in [2.75, 3.05) is 24.5 Å². The van der Waals surface area contributed by atoms with Gasteiger partial charge in [-0.2, -0.15) is 4.98 Å². The second-order valence-corrected chi connectivity index (χ2v) is 11.3. The maximum atomic E-state index is 15.7. The molecule has 0 N–H and O–H groups in total. The molecule has 3 aromatic rings. The van der Waals surface area contributed by atoms with Crippen LogP contribution in [0.1, 0.15) is 60.8 Å². The molecular formula is C30H31F2N5O4. The number of benzene rings is 2. The number of aliphatic imine (C=N–C) groups is 1. The lowest BCUT2D eigenvalue weighted by Crippen LogP contribution is -2.61. The van der Waals surface area contributed by atoms with Crippen molar-refractivity contribution in [3.05, 3.63) is 59.4 Å². The van der Waals surface area contributed by atoms with Gasteiger partial charge in [-0.1, -0.05) is 37.2 Å². The lowest BCUT2D eigenvalue weighted by atomic mass is 9.79. The van der Waals surface area contributed by atoms with Gasteiger partial charge in [0.25, 0.3) is 17.7 Å². The van der Waals surface area contributed by atoms with E-state index >= 15 is 8.78 Å². The van der Waals surface area contributed by atoms with Crippen LogP contribution in [0.3, 0.4) is 0 Å². The highest BCUT2D eigenvalue weighted by molar-refractivity contribution is 5.99. The van der Waals surface area contributed by atoms with E-state index < -0.39 is 29.9 Å². The first kappa shape index (κ1) is 27.0. The number of fused-ring (bicyclic) bond motifs is 1. The first-order chi connectivity index (χ1) is 19.6. The molecule has 2 saturated heterocycles. The molecule has 2 aromatic carbocycles. The van der Waals surface area contributed by atoms with E-state index in [4.69, 9.17) is 9.26 Å². The fraction of sp³-hybridized carbons (Fsp3) is 0.433. The van der Waals surface area contributed by atoms with Crippen molar-refractivity contribution < 1.29 is 27.6 Å². The average Bonchev–Trinajstić information content (AvgIpc) is 3.44. The summed E-state index contributed by atoms with van der Waals surface area (Å²) in [4.78, 5) is 35.8. The molecule has 1 spiro atoms. The number of hydrogen-bond acceptors (Lipinski definition) is 7. The smallest absolute Gasteiger partial charge is 0.324 e. The second-order valence-electron chi connectivity index (χ2n) is 11.3. The van der Waals surface area contributed by atoms with E-state index in [0.717, 1.165) is 11.1 Å². The van der Waals surface area contributed by atoms with E-state index in [0.29, 0.717) is 54.8 Å². The van der Waals surface area contributed by atoms with E-state index in [1.807, 2.05) is 24.8 Å². The number of piperidine rings is 1. The van der Waals surface area contributed by atoms with Crippen molar-refractivity contribution in [3.63, 3.8) is 0 Å². The highest BCUT2D eigenvalue weighted by atomic mass is 19.3. The van der Waals surface area contributed by atoms with Crippen LogP contribution in [0.2, 0.25) is 0 Å². The van der Waals surface area contributed by atoms with Crippen LogP contribution in [0.15, 0.2) is 52.0 Å². The van der Waals surface area contributed by atoms with E-state index in [2.05, 4.69) is 21.9 Å². The van der Waals surface area contributed by atoms with Crippen LogP contribution >= 0.6 is 0 Å². The molecule has 11 heteroatoms. The van der Waals surface area contributed by atoms with Gasteiger partial charge in [-0.3, -0.25) is 9.59 Å². The Hall–Kier alpha value is -4.15. The number of alkyl halides is 2. The molecule has 9 nitrogen and oxygen atoms in total. The molecule has 2 amide bonds. The molecule has 1 aromatic heterocycles. The number of nitrogens with zero attached hydrogens (tertiary/aromatic N) is 5. The summed E-state index contributed by atoms with van der Waals surface area (Å²) in [6, 6.07) is 12.0. The minimum absolute atomic E-state index is 0.113. The fourth-order valence-electron chi connectivity index (χ4n) is 5.76. The Balaban J connectivity index is 1.16. The molecule has 0 aliphatic carbocycles. The Kier molecular flexibility index (Phi) is 6.62. The number of likely N-dealkylation sites (tertiary alicyclic amines) is 1.